The summed E-state index contributed by atoms with van der Waals surface area (Å²) in [4.78, 5) is 50.7. The highest BCUT2D eigenvalue weighted by atomic mass is 16.2. The third-order valence-electron chi connectivity index (χ3n) is 5.86. The van der Waals surface area contributed by atoms with Gasteiger partial charge in [-0.15, -0.1) is 5.10 Å². The molecule has 31 heavy (non-hydrogen) atoms. The molecule has 1 saturated carbocycles. The fourth-order valence-electron chi connectivity index (χ4n) is 4.07. The summed E-state index contributed by atoms with van der Waals surface area (Å²) in [6.07, 6.45) is 4.68. The highest BCUT2D eigenvalue weighted by molar-refractivity contribution is 6.09. The molecular weight excluding hydrogens is 404 g/mol. The fourth-order valence-corrected chi connectivity index (χ4v) is 4.07. The van der Waals surface area contributed by atoms with Crippen molar-refractivity contribution in [3.63, 3.8) is 0 Å². The second-order valence-electron chi connectivity index (χ2n) is 7.74. The lowest BCUT2D eigenvalue weighted by Crippen LogP contribution is -2.54. The number of rotatable bonds is 4. The van der Waals surface area contributed by atoms with Gasteiger partial charge in [0, 0.05) is 5.56 Å². The molecule has 1 spiro atoms. The summed E-state index contributed by atoms with van der Waals surface area (Å²) in [5.74, 6) is -1.61. The molecule has 12 heteroatoms. The molecule has 2 atom stereocenters. The molecule has 1 aliphatic heterocycles. The van der Waals surface area contributed by atoms with Gasteiger partial charge in [0.15, 0.2) is 0 Å². The molecule has 1 aromatic heterocycles. The molecule has 5 amide bonds. The largest absolute Gasteiger partial charge is 0.325 e. The highest BCUT2D eigenvalue weighted by Gasteiger charge is 2.55. The molecular formula is C19H22N8O4. The fraction of sp³-hybridized carbons (Fsp3) is 0.421. The average Bonchev–Trinajstić information content (AvgIpc) is 3.38. The Bertz CT molecular complexity index is 1010. The SMILES string of the molecule is C[C@@H]1CCCC[C@@]12NC(=O)N(CC(=O)NNC(=O)c1ccc(-n3cnnn3)cc1)C2=O. The summed E-state index contributed by atoms with van der Waals surface area (Å²) in [7, 11) is 0. The van der Waals surface area contributed by atoms with Gasteiger partial charge in [0.1, 0.15) is 18.4 Å². The molecule has 3 N–H and O–H groups in total. The van der Waals surface area contributed by atoms with E-state index in [0.29, 0.717) is 17.7 Å². The minimum Gasteiger partial charge on any atom is -0.323 e. The number of urea groups is 1. The number of nitrogens with zero attached hydrogens (tertiary/aromatic N) is 5. The Morgan fingerprint density at radius 3 is 2.65 bits per heavy atom. The summed E-state index contributed by atoms with van der Waals surface area (Å²) in [5.41, 5.74) is 4.55. The van der Waals surface area contributed by atoms with Gasteiger partial charge in [0.25, 0.3) is 17.7 Å². The first kappa shape index (κ1) is 20.4. The van der Waals surface area contributed by atoms with Gasteiger partial charge in [0.05, 0.1) is 5.69 Å². The Morgan fingerprint density at radius 2 is 1.97 bits per heavy atom. The third kappa shape index (κ3) is 3.83. The third-order valence-corrected chi connectivity index (χ3v) is 5.86. The Morgan fingerprint density at radius 1 is 1.19 bits per heavy atom. The summed E-state index contributed by atoms with van der Waals surface area (Å²) < 4.78 is 1.43. The van der Waals surface area contributed by atoms with Gasteiger partial charge in [-0.3, -0.25) is 30.1 Å². The number of carbonyl (C=O) groups is 4. The number of hydrazine groups is 1. The quantitative estimate of drug-likeness (QED) is 0.457. The van der Waals surface area contributed by atoms with E-state index in [1.807, 2.05) is 6.92 Å². The Balaban J connectivity index is 1.32. The summed E-state index contributed by atoms with van der Waals surface area (Å²) in [6, 6.07) is 5.79. The Kier molecular flexibility index (Phi) is 5.36. The zero-order chi connectivity index (χ0) is 22.0. The first-order valence-corrected chi connectivity index (χ1v) is 9.97. The van der Waals surface area contributed by atoms with Gasteiger partial charge in [-0.25, -0.2) is 9.48 Å². The van der Waals surface area contributed by atoms with Crippen LogP contribution in [0.2, 0.25) is 0 Å². The number of carbonyl (C=O) groups excluding carboxylic acids is 4. The predicted octanol–water partition coefficient (Wildman–Crippen LogP) is -0.0760. The summed E-state index contributed by atoms with van der Waals surface area (Å²) in [6.45, 7) is 1.46. The number of tetrazole rings is 1. The van der Waals surface area contributed by atoms with E-state index in [1.54, 1.807) is 24.3 Å². The highest BCUT2D eigenvalue weighted by Crippen LogP contribution is 2.38. The van der Waals surface area contributed by atoms with E-state index >= 15 is 0 Å². The summed E-state index contributed by atoms with van der Waals surface area (Å²) in [5, 5.41) is 13.6. The van der Waals surface area contributed by atoms with E-state index in [2.05, 4.69) is 31.7 Å². The van der Waals surface area contributed by atoms with Crippen LogP contribution in [0.3, 0.4) is 0 Å². The lowest BCUT2D eigenvalue weighted by molar-refractivity contribution is -0.137. The van der Waals surface area contributed by atoms with Crippen LogP contribution in [0.25, 0.3) is 5.69 Å². The molecule has 0 radical (unpaired) electrons. The smallest absolute Gasteiger partial charge is 0.323 e. The number of benzene rings is 1. The van der Waals surface area contributed by atoms with Crippen molar-refractivity contribution in [2.24, 2.45) is 5.92 Å². The maximum atomic E-state index is 12.9. The monoisotopic (exact) mass is 426 g/mol. The number of imide groups is 1. The van der Waals surface area contributed by atoms with Crippen molar-refractivity contribution in [3.05, 3.63) is 36.2 Å². The van der Waals surface area contributed by atoms with E-state index in [-0.39, 0.29) is 11.8 Å². The Hall–Kier alpha value is -3.83. The molecule has 2 aromatic rings. The lowest BCUT2D eigenvalue weighted by atomic mass is 9.73. The van der Waals surface area contributed by atoms with Crippen molar-refractivity contribution in [1.29, 1.82) is 0 Å². The van der Waals surface area contributed by atoms with Crippen molar-refractivity contribution < 1.29 is 19.2 Å². The van der Waals surface area contributed by atoms with Crippen molar-refractivity contribution >= 4 is 23.8 Å². The number of hydrogen-bond donors (Lipinski definition) is 3. The summed E-state index contributed by atoms with van der Waals surface area (Å²) >= 11 is 0. The maximum Gasteiger partial charge on any atom is 0.325 e. The first-order valence-electron chi connectivity index (χ1n) is 9.97. The van der Waals surface area contributed by atoms with Gasteiger partial charge >= 0.3 is 6.03 Å². The van der Waals surface area contributed by atoms with Crippen molar-refractivity contribution in [2.45, 2.75) is 38.1 Å². The zero-order valence-electron chi connectivity index (χ0n) is 16.9. The number of aromatic nitrogens is 4. The topological polar surface area (TPSA) is 151 Å². The molecule has 2 heterocycles. The van der Waals surface area contributed by atoms with Crippen LogP contribution in [0, 0.1) is 5.92 Å². The lowest BCUT2D eigenvalue weighted by Gasteiger charge is -2.36. The van der Waals surface area contributed by atoms with Crippen molar-refractivity contribution in [2.75, 3.05) is 6.54 Å². The van der Waals surface area contributed by atoms with Crippen LogP contribution in [0.15, 0.2) is 30.6 Å². The molecule has 2 aliphatic rings. The molecule has 162 valence electrons. The Labute approximate surface area is 177 Å². The van der Waals surface area contributed by atoms with Crippen molar-refractivity contribution in [3.8, 4) is 5.69 Å². The number of nitrogens with one attached hydrogen (secondary N) is 3. The first-order chi connectivity index (χ1) is 14.9. The molecule has 1 saturated heterocycles. The van der Waals surface area contributed by atoms with Gasteiger partial charge in [-0.2, -0.15) is 0 Å². The number of hydrogen-bond acceptors (Lipinski definition) is 7. The van der Waals surface area contributed by atoms with Crippen LogP contribution in [-0.4, -0.2) is 60.9 Å². The van der Waals surface area contributed by atoms with E-state index < -0.39 is 29.9 Å². The second-order valence-corrected chi connectivity index (χ2v) is 7.74. The van der Waals surface area contributed by atoms with E-state index in [1.165, 1.54) is 11.0 Å². The molecule has 12 nitrogen and oxygen atoms in total. The standard InChI is InChI=1S/C19H22N8O4/c1-12-4-2-3-9-19(12)17(30)26(18(31)21-19)10-15(28)22-23-16(29)13-5-7-14(8-6-13)27-11-20-24-25-27/h5-8,11-12H,2-4,9-10H2,1H3,(H,21,31)(H,22,28)(H,23,29)/t12-,19-/m1/s1. The van der Waals surface area contributed by atoms with Gasteiger partial charge < -0.3 is 5.32 Å². The predicted molar refractivity (Wildman–Crippen MR) is 105 cm³/mol. The van der Waals surface area contributed by atoms with Crippen LogP contribution in [0.4, 0.5) is 4.79 Å². The maximum absolute atomic E-state index is 12.9. The van der Waals surface area contributed by atoms with Crippen LogP contribution < -0.4 is 16.2 Å². The van der Waals surface area contributed by atoms with Gasteiger partial charge in [-0.05, 0) is 53.5 Å². The molecule has 1 aliphatic carbocycles. The minimum absolute atomic E-state index is 0.00161. The molecule has 0 bridgehead atoms. The molecule has 2 fully saturated rings. The van der Waals surface area contributed by atoms with Crippen molar-refractivity contribution in [1.82, 2.24) is 41.3 Å². The van der Waals surface area contributed by atoms with Crippen LogP contribution in [-0.2, 0) is 9.59 Å². The van der Waals surface area contributed by atoms with Gasteiger partial charge in [0.2, 0.25) is 0 Å². The van der Waals surface area contributed by atoms with Crippen LogP contribution >= 0.6 is 0 Å². The normalized spacial score (nSPS) is 23.0. The van der Waals surface area contributed by atoms with Gasteiger partial charge in [-0.1, -0.05) is 19.8 Å². The molecule has 1 aromatic carbocycles. The molecule has 0 unspecified atom stereocenters. The second kappa shape index (κ2) is 8.13. The minimum atomic E-state index is -0.930. The molecule has 4 rings (SSSR count). The average molecular weight is 426 g/mol. The van der Waals surface area contributed by atoms with E-state index in [4.69, 9.17) is 0 Å². The van der Waals surface area contributed by atoms with Crippen LogP contribution in [0.5, 0.6) is 0 Å². The van der Waals surface area contributed by atoms with Crippen LogP contribution in [0.1, 0.15) is 43.0 Å². The van der Waals surface area contributed by atoms with E-state index in [9.17, 15) is 19.2 Å². The number of amides is 5. The zero-order valence-corrected chi connectivity index (χ0v) is 16.9. The van der Waals surface area contributed by atoms with E-state index in [0.717, 1.165) is 24.2 Å².